The van der Waals surface area contributed by atoms with Crippen LogP contribution in [0.25, 0.3) is 0 Å². The van der Waals surface area contributed by atoms with E-state index in [1.807, 2.05) is 0 Å². The summed E-state index contributed by atoms with van der Waals surface area (Å²) in [5, 5.41) is 17.7. The van der Waals surface area contributed by atoms with Crippen LogP contribution in [0.1, 0.15) is 12.8 Å². The maximum absolute atomic E-state index is 12.9. The summed E-state index contributed by atoms with van der Waals surface area (Å²) in [5.41, 5.74) is 0. The summed E-state index contributed by atoms with van der Waals surface area (Å²) >= 11 is 0. The van der Waals surface area contributed by atoms with E-state index < -0.39 is 30.3 Å². The Morgan fingerprint density at radius 3 is 2.62 bits per heavy atom. The molecule has 0 aliphatic heterocycles. The first kappa shape index (κ1) is 10.4. The maximum atomic E-state index is 12.9. The van der Waals surface area contributed by atoms with Crippen LogP contribution in [0.5, 0.6) is 0 Å². The van der Waals surface area contributed by atoms with Gasteiger partial charge in [0.1, 0.15) is 6.17 Å². The molecule has 2 N–H and O–H groups in total. The molecule has 0 saturated heterocycles. The summed E-state index contributed by atoms with van der Waals surface area (Å²) < 4.78 is 17.3. The number of halogens is 1. The molecule has 1 aliphatic carbocycles. The van der Waals surface area contributed by atoms with Crippen molar-refractivity contribution < 1.29 is 24.1 Å². The lowest BCUT2D eigenvalue weighted by molar-refractivity contribution is -0.154. The van der Waals surface area contributed by atoms with Gasteiger partial charge in [0, 0.05) is 5.92 Å². The number of ether oxygens (including phenoxy) is 1. The van der Waals surface area contributed by atoms with Crippen LogP contribution in [0.3, 0.4) is 0 Å². The number of alkyl halides is 1. The molecule has 1 saturated carbocycles. The van der Waals surface area contributed by atoms with Crippen LogP contribution in [0, 0.1) is 11.8 Å². The highest BCUT2D eigenvalue weighted by molar-refractivity contribution is 5.73. The third-order valence-corrected chi connectivity index (χ3v) is 2.44. The van der Waals surface area contributed by atoms with E-state index in [4.69, 9.17) is 10.2 Å². The van der Waals surface area contributed by atoms with Gasteiger partial charge in [-0.2, -0.15) is 0 Å². The van der Waals surface area contributed by atoms with E-state index in [-0.39, 0.29) is 12.8 Å². The van der Waals surface area contributed by atoms with E-state index in [0.29, 0.717) is 0 Å². The van der Waals surface area contributed by atoms with Crippen molar-refractivity contribution in [2.24, 2.45) is 11.8 Å². The molecule has 5 heteroatoms. The predicted octanol–water partition coefficient (Wildman–Crippen LogP) is -0.166. The number of hydrogen-bond acceptors (Lipinski definition) is 4. The van der Waals surface area contributed by atoms with Crippen LogP contribution in [0.15, 0.2) is 0 Å². The van der Waals surface area contributed by atoms with Crippen LogP contribution >= 0.6 is 0 Å². The number of aliphatic hydroxyl groups is 2. The molecule has 0 aromatic carbocycles. The standard InChI is InChI=1S/C8H13FO4/c1-13-8(12)6-3-4(9)2-5(6)7(10)11/h4-7,10-11H,2-3H2,1H3/t4-,5+,6-/m1/s1. The van der Waals surface area contributed by atoms with E-state index in [1.54, 1.807) is 0 Å². The summed E-state index contributed by atoms with van der Waals surface area (Å²) in [7, 11) is 1.20. The summed E-state index contributed by atoms with van der Waals surface area (Å²) in [5.74, 6) is -2.03. The molecule has 0 bridgehead atoms. The lowest BCUT2D eigenvalue weighted by Crippen LogP contribution is -2.29. The van der Waals surface area contributed by atoms with Gasteiger partial charge in [0.25, 0.3) is 0 Å². The molecule has 1 fully saturated rings. The molecule has 4 nitrogen and oxygen atoms in total. The fraction of sp³-hybridized carbons (Fsp3) is 0.875. The van der Waals surface area contributed by atoms with Crippen molar-refractivity contribution in [2.45, 2.75) is 25.3 Å². The molecule has 0 aromatic heterocycles. The zero-order valence-electron chi connectivity index (χ0n) is 7.31. The molecule has 0 radical (unpaired) electrons. The molecule has 3 atom stereocenters. The van der Waals surface area contributed by atoms with Crippen molar-refractivity contribution in [3.05, 3.63) is 0 Å². The first-order valence-electron chi connectivity index (χ1n) is 4.14. The highest BCUT2D eigenvalue weighted by Crippen LogP contribution is 2.36. The van der Waals surface area contributed by atoms with Gasteiger partial charge in [-0.3, -0.25) is 4.79 Å². The zero-order chi connectivity index (χ0) is 10.0. The normalized spacial score (nSPS) is 33.8. The largest absolute Gasteiger partial charge is 0.469 e. The number of aliphatic hydroxyl groups excluding tert-OH is 1. The van der Waals surface area contributed by atoms with E-state index in [1.165, 1.54) is 7.11 Å². The summed E-state index contributed by atoms with van der Waals surface area (Å²) in [6.07, 6.45) is -2.76. The summed E-state index contributed by atoms with van der Waals surface area (Å²) in [6, 6.07) is 0. The second kappa shape index (κ2) is 4.02. The third-order valence-electron chi connectivity index (χ3n) is 2.44. The van der Waals surface area contributed by atoms with Gasteiger partial charge in [0.2, 0.25) is 0 Å². The molecule has 0 spiro atoms. The topological polar surface area (TPSA) is 66.8 Å². The molecule has 0 heterocycles. The molecule has 13 heavy (non-hydrogen) atoms. The lowest BCUT2D eigenvalue weighted by atomic mass is 9.96. The van der Waals surface area contributed by atoms with Crippen molar-refractivity contribution in [1.82, 2.24) is 0 Å². The molecule has 0 aromatic rings. The number of rotatable bonds is 2. The molecule has 1 rings (SSSR count). The lowest BCUT2D eigenvalue weighted by Gasteiger charge is -2.18. The Labute approximate surface area is 75.3 Å². The van der Waals surface area contributed by atoms with Crippen molar-refractivity contribution in [2.75, 3.05) is 7.11 Å². The van der Waals surface area contributed by atoms with Gasteiger partial charge in [0.15, 0.2) is 6.29 Å². The molecule has 1 aliphatic rings. The smallest absolute Gasteiger partial charge is 0.309 e. The van der Waals surface area contributed by atoms with E-state index in [0.717, 1.165) is 0 Å². The number of carbonyl (C=O) groups excluding carboxylic acids is 1. The van der Waals surface area contributed by atoms with Gasteiger partial charge in [-0.1, -0.05) is 0 Å². The Hall–Kier alpha value is -0.680. The van der Waals surface area contributed by atoms with Crippen LogP contribution in [0.4, 0.5) is 4.39 Å². The second-order valence-corrected chi connectivity index (χ2v) is 3.28. The van der Waals surface area contributed by atoms with Crippen molar-refractivity contribution in [3.8, 4) is 0 Å². The Morgan fingerprint density at radius 2 is 2.15 bits per heavy atom. The first-order chi connectivity index (χ1) is 6.06. The Bertz CT molecular complexity index is 195. The average Bonchev–Trinajstić information content (AvgIpc) is 2.46. The van der Waals surface area contributed by atoms with Crippen LogP contribution in [-0.4, -0.2) is 35.8 Å². The van der Waals surface area contributed by atoms with Gasteiger partial charge in [-0.25, -0.2) is 4.39 Å². The minimum absolute atomic E-state index is 0.0113. The third kappa shape index (κ3) is 2.16. The van der Waals surface area contributed by atoms with Gasteiger partial charge in [-0.15, -0.1) is 0 Å². The number of hydrogen-bond donors (Lipinski definition) is 2. The number of methoxy groups -OCH3 is 1. The monoisotopic (exact) mass is 192 g/mol. The Balaban J connectivity index is 2.66. The fourth-order valence-corrected chi connectivity index (χ4v) is 1.76. The maximum Gasteiger partial charge on any atom is 0.309 e. The zero-order valence-corrected chi connectivity index (χ0v) is 7.31. The number of esters is 1. The van der Waals surface area contributed by atoms with E-state index >= 15 is 0 Å². The SMILES string of the molecule is COC(=O)[C@@H]1C[C@H](F)C[C@@H]1C(O)O. The Kier molecular flexibility index (Phi) is 3.22. The van der Waals surface area contributed by atoms with Gasteiger partial charge in [-0.05, 0) is 12.8 Å². The molecule has 0 amide bonds. The van der Waals surface area contributed by atoms with E-state index in [2.05, 4.69) is 4.74 Å². The van der Waals surface area contributed by atoms with E-state index in [9.17, 15) is 9.18 Å². The minimum Gasteiger partial charge on any atom is -0.469 e. The average molecular weight is 192 g/mol. The highest BCUT2D eigenvalue weighted by atomic mass is 19.1. The molecular weight excluding hydrogens is 179 g/mol. The summed E-state index contributed by atoms with van der Waals surface area (Å²) in [4.78, 5) is 11.1. The first-order valence-corrected chi connectivity index (χ1v) is 4.14. The van der Waals surface area contributed by atoms with Crippen LogP contribution < -0.4 is 0 Å². The van der Waals surface area contributed by atoms with Gasteiger partial charge < -0.3 is 14.9 Å². The fourth-order valence-electron chi connectivity index (χ4n) is 1.76. The second-order valence-electron chi connectivity index (χ2n) is 3.28. The van der Waals surface area contributed by atoms with Gasteiger partial charge >= 0.3 is 5.97 Å². The molecule has 76 valence electrons. The quantitative estimate of drug-likeness (QED) is 0.471. The van der Waals surface area contributed by atoms with Gasteiger partial charge in [0.05, 0.1) is 13.0 Å². The molecule has 0 unspecified atom stereocenters. The van der Waals surface area contributed by atoms with Crippen LogP contribution in [0.2, 0.25) is 0 Å². The van der Waals surface area contributed by atoms with Crippen LogP contribution in [-0.2, 0) is 9.53 Å². The minimum atomic E-state index is -1.65. The summed E-state index contributed by atoms with van der Waals surface area (Å²) in [6.45, 7) is 0. The molecular formula is C8H13FO4. The number of carbonyl (C=O) groups is 1. The Morgan fingerprint density at radius 1 is 1.54 bits per heavy atom. The predicted molar refractivity (Wildman–Crippen MR) is 41.4 cm³/mol. The van der Waals surface area contributed by atoms with Crippen molar-refractivity contribution >= 4 is 5.97 Å². The van der Waals surface area contributed by atoms with Crippen molar-refractivity contribution in [1.29, 1.82) is 0 Å². The van der Waals surface area contributed by atoms with Crippen molar-refractivity contribution in [3.63, 3.8) is 0 Å². The highest BCUT2D eigenvalue weighted by Gasteiger charge is 2.42.